The van der Waals surface area contributed by atoms with E-state index >= 15 is 0 Å². The number of rotatable bonds is 4. The molecule has 318 valence electrons. The highest BCUT2D eigenvalue weighted by atomic mass is 16.5. The van der Waals surface area contributed by atoms with Crippen molar-refractivity contribution in [3.8, 4) is 45.3 Å². The molecular weight excluding hydrogens is 817 g/mol. The Hall–Kier alpha value is -8.34. The van der Waals surface area contributed by atoms with E-state index in [-0.39, 0.29) is 5.41 Å². The van der Waals surface area contributed by atoms with Crippen LogP contribution in [0.15, 0.2) is 218 Å². The molecule has 2 aliphatic heterocycles. The molecule has 0 spiro atoms. The van der Waals surface area contributed by atoms with Crippen molar-refractivity contribution in [3.05, 3.63) is 230 Å². The number of fused-ring (bicyclic) bond motifs is 10. The van der Waals surface area contributed by atoms with E-state index in [0.29, 0.717) is 11.8 Å². The third-order valence-electron chi connectivity index (χ3n) is 14.9. The fourth-order valence-electron chi connectivity index (χ4n) is 11.7. The molecule has 2 heterocycles. The largest absolute Gasteiger partial charge is 0.453 e. The fourth-order valence-corrected chi connectivity index (χ4v) is 11.7. The SMILES string of the molecule is CC1(C)c2cc(-c3c4ccc(N5c6ccccc6Oc6ccccc65)cc4c(-c4ccc5ccccc5c4)c4cc(N5c6ccccc6Oc6ccccc65)ccc34)ccc2C2C=CC=CC21. The molecule has 0 bridgehead atoms. The number of hydrogen-bond donors (Lipinski definition) is 0. The molecular formula is C63H44N2O2. The lowest BCUT2D eigenvalue weighted by molar-refractivity contribution is 0.394. The standard InChI is InChI=1S/C63H44N2O2/c1-63(2)51-18-6-5-17-45(51)46-32-29-42(36-52(46)63)61-47-33-30-43(64-53-19-7-11-23-57(53)66-58-24-12-8-20-54(58)64)37-49(47)62(41-28-27-39-15-3-4-16-40(39)35-41)50-38-44(31-34-48(50)61)65-55-21-9-13-25-59(55)67-60-26-14-10-22-56(60)65/h3-38,45,51H,1-2H3. The topological polar surface area (TPSA) is 24.9 Å². The zero-order chi connectivity index (χ0) is 44.4. The maximum Gasteiger partial charge on any atom is 0.151 e. The number of para-hydroxylation sites is 8. The van der Waals surface area contributed by atoms with E-state index < -0.39 is 0 Å². The highest BCUT2D eigenvalue weighted by molar-refractivity contribution is 6.23. The van der Waals surface area contributed by atoms with Gasteiger partial charge in [0, 0.05) is 17.3 Å². The van der Waals surface area contributed by atoms with Crippen molar-refractivity contribution in [2.24, 2.45) is 5.92 Å². The molecule has 67 heavy (non-hydrogen) atoms. The maximum atomic E-state index is 6.53. The summed E-state index contributed by atoms with van der Waals surface area (Å²) in [7, 11) is 0. The number of benzene rings is 10. The van der Waals surface area contributed by atoms with E-state index in [1.165, 1.54) is 60.1 Å². The molecule has 10 aromatic carbocycles. The van der Waals surface area contributed by atoms with Crippen LogP contribution in [-0.4, -0.2) is 0 Å². The Kier molecular flexibility index (Phi) is 8.12. The molecule has 4 nitrogen and oxygen atoms in total. The van der Waals surface area contributed by atoms with Crippen molar-refractivity contribution in [1.82, 2.24) is 0 Å². The van der Waals surface area contributed by atoms with E-state index in [4.69, 9.17) is 9.47 Å². The zero-order valence-electron chi connectivity index (χ0n) is 37.2. The van der Waals surface area contributed by atoms with Gasteiger partial charge in [-0.05, 0) is 156 Å². The average Bonchev–Trinajstić information content (AvgIpc) is 3.60. The van der Waals surface area contributed by atoms with E-state index in [0.717, 1.165) is 62.7 Å². The smallest absolute Gasteiger partial charge is 0.151 e. The number of nitrogens with zero attached hydrogens (tertiary/aromatic N) is 2. The minimum absolute atomic E-state index is 0.0392. The number of allylic oxidation sites excluding steroid dienone is 4. The summed E-state index contributed by atoms with van der Waals surface area (Å²) >= 11 is 0. The van der Waals surface area contributed by atoms with Crippen LogP contribution in [0.2, 0.25) is 0 Å². The Labute approximate surface area is 389 Å². The van der Waals surface area contributed by atoms with Gasteiger partial charge in [-0.3, -0.25) is 0 Å². The van der Waals surface area contributed by atoms with E-state index in [1.54, 1.807) is 0 Å². The van der Waals surface area contributed by atoms with Crippen LogP contribution in [0.5, 0.6) is 23.0 Å². The summed E-state index contributed by atoms with van der Waals surface area (Å²) in [5.74, 6) is 4.11. The van der Waals surface area contributed by atoms with Crippen LogP contribution in [0.25, 0.3) is 54.6 Å². The summed E-state index contributed by atoms with van der Waals surface area (Å²) in [5.41, 5.74) is 13.8. The van der Waals surface area contributed by atoms with E-state index in [1.807, 2.05) is 24.3 Å². The van der Waals surface area contributed by atoms with Gasteiger partial charge in [-0.2, -0.15) is 0 Å². The predicted octanol–water partition coefficient (Wildman–Crippen LogP) is 17.7. The van der Waals surface area contributed by atoms with Gasteiger partial charge >= 0.3 is 0 Å². The summed E-state index contributed by atoms with van der Waals surface area (Å²) in [5, 5.41) is 7.18. The minimum Gasteiger partial charge on any atom is -0.453 e. The second kappa shape index (κ2) is 14.3. The van der Waals surface area contributed by atoms with Crippen LogP contribution in [-0.2, 0) is 5.41 Å². The second-order valence-electron chi connectivity index (χ2n) is 18.9. The van der Waals surface area contributed by atoms with Gasteiger partial charge in [0.1, 0.15) is 0 Å². The van der Waals surface area contributed by atoms with Crippen molar-refractivity contribution in [1.29, 1.82) is 0 Å². The Morgan fingerprint density at radius 1 is 0.403 bits per heavy atom. The first-order valence-electron chi connectivity index (χ1n) is 23.3. The maximum absolute atomic E-state index is 6.53. The highest BCUT2D eigenvalue weighted by Crippen LogP contribution is 2.57. The van der Waals surface area contributed by atoms with Gasteiger partial charge < -0.3 is 19.3 Å². The molecule has 4 heteroatoms. The molecule has 0 aromatic heterocycles. The molecule has 2 unspecified atom stereocenters. The summed E-state index contributed by atoms with van der Waals surface area (Å²) < 4.78 is 13.1. The van der Waals surface area contributed by atoms with Crippen LogP contribution < -0.4 is 19.3 Å². The second-order valence-corrected chi connectivity index (χ2v) is 18.9. The van der Waals surface area contributed by atoms with E-state index in [9.17, 15) is 0 Å². The Morgan fingerprint density at radius 3 is 1.43 bits per heavy atom. The van der Waals surface area contributed by atoms with Gasteiger partial charge in [0.25, 0.3) is 0 Å². The van der Waals surface area contributed by atoms with Crippen molar-refractivity contribution >= 4 is 66.4 Å². The third kappa shape index (κ3) is 5.66. The average molecular weight is 861 g/mol. The molecule has 2 aliphatic carbocycles. The molecule has 0 amide bonds. The first-order chi connectivity index (χ1) is 33.0. The van der Waals surface area contributed by atoms with Gasteiger partial charge in [0.05, 0.1) is 22.7 Å². The molecule has 0 N–H and O–H groups in total. The van der Waals surface area contributed by atoms with Crippen LogP contribution in [0.4, 0.5) is 34.1 Å². The summed E-state index contributed by atoms with van der Waals surface area (Å²) in [6, 6.07) is 70.6. The molecule has 0 saturated heterocycles. The monoisotopic (exact) mass is 860 g/mol. The number of anilines is 6. The predicted molar refractivity (Wildman–Crippen MR) is 277 cm³/mol. The lowest BCUT2D eigenvalue weighted by Crippen LogP contribution is -2.24. The van der Waals surface area contributed by atoms with Crippen LogP contribution in [0.1, 0.15) is 30.9 Å². The minimum atomic E-state index is -0.0392. The van der Waals surface area contributed by atoms with Crippen molar-refractivity contribution in [3.63, 3.8) is 0 Å². The number of ether oxygens (including phenoxy) is 2. The number of hydrogen-bond acceptors (Lipinski definition) is 4. The molecule has 4 aliphatic rings. The molecule has 2 atom stereocenters. The highest BCUT2D eigenvalue weighted by Gasteiger charge is 2.44. The molecule has 14 rings (SSSR count). The van der Waals surface area contributed by atoms with Crippen LogP contribution in [0, 0.1) is 5.92 Å². The Morgan fingerprint density at radius 2 is 0.866 bits per heavy atom. The zero-order valence-corrected chi connectivity index (χ0v) is 37.2. The normalized spacial score (nSPS) is 17.0. The van der Waals surface area contributed by atoms with Crippen LogP contribution in [0.3, 0.4) is 0 Å². The Balaban J connectivity index is 1.10. The molecule has 0 radical (unpaired) electrons. The van der Waals surface area contributed by atoms with Crippen LogP contribution >= 0.6 is 0 Å². The third-order valence-corrected chi connectivity index (χ3v) is 14.9. The first kappa shape index (κ1) is 38.0. The molecule has 0 fully saturated rings. The van der Waals surface area contributed by atoms with E-state index in [2.05, 4.69) is 218 Å². The summed E-state index contributed by atoms with van der Waals surface area (Å²) in [6.45, 7) is 4.86. The van der Waals surface area contributed by atoms with Crippen molar-refractivity contribution in [2.45, 2.75) is 25.2 Å². The van der Waals surface area contributed by atoms with Gasteiger partial charge in [-0.15, -0.1) is 0 Å². The van der Waals surface area contributed by atoms with Crippen molar-refractivity contribution in [2.75, 3.05) is 9.80 Å². The Bertz CT molecular complexity index is 3540. The molecule has 0 saturated carbocycles. The van der Waals surface area contributed by atoms with Gasteiger partial charge in [0.15, 0.2) is 23.0 Å². The van der Waals surface area contributed by atoms with Crippen molar-refractivity contribution < 1.29 is 9.47 Å². The van der Waals surface area contributed by atoms with Gasteiger partial charge in [0.2, 0.25) is 0 Å². The van der Waals surface area contributed by atoms with Gasteiger partial charge in [-0.25, -0.2) is 0 Å². The van der Waals surface area contributed by atoms with Gasteiger partial charge in [-0.1, -0.05) is 153 Å². The lowest BCUT2D eigenvalue weighted by atomic mass is 9.74. The first-order valence-corrected chi connectivity index (χ1v) is 23.3. The molecule has 10 aromatic rings. The lowest BCUT2D eigenvalue weighted by Gasteiger charge is -2.33. The summed E-state index contributed by atoms with van der Waals surface area (Å²) in [6.07, 6.45) is 9.26. The summed E-state index contributed by atoms with van der Waals surface area (Å²) in [4.78, 5) is 4.72. The fraction of sp³-hybridized carbons (Fsp3) is 0.0794. The quantitative estimate of drug-likeness (QED) is 0.165.